The fourth-order valence-corrected chi connectivity index (χ4v) is 2.74. The predicted octanol–water partition coefficient (Wildman–Crippen LogP) is 4.56. The fourth-order valence-electron chi connectivity index (χ4n) is 2.00. The minimum Gasteiger partial charge on any atom is -0.410 e. The molecule has 4 heteroatoms. The lowest BCUT2D eigenvalue weighted by molar-refractivity contribution is 0.157. The Bertz CT molecular complexity index is 574. The van der Waals surface area contributed by atoms with E-state index >= 15 is 0 Å². The summed E-state index contributed by atoms with van der Waals surface area (Å²) in [6.45, 7) is 7.22. The van der Waals surface area contributed by atoms with Gasteiger partial charge in [0.25, 0.3) is 0 Å². The molecule has 0 N–H and O–H groups in total. The van der Waals surface area contributed by atoms with Crippen LogP contribution in [0.1, 0.15) is 19.4 Å². The topological polar surface area (TPSA) is 29.5 Å². The summed E-state index contributed by atoms with van der Waals surface area (Å²) in [6.07, 6.45) is -0.295. The summed E-state index contributed by atoms with van der Waals surface area (Å²) in [7, 11) is 0. The minimum atomic E-state index is -0.295. The lowest BCUT2D eigenvalue weighted by Gasteiger charge is -2.19. The molecule has 1 aromatic heterocycles. The molecular weight excluding hydrogens is 270 g/mol. The number of ether oxygens (including phenoxy) is 1. The van der Waals surface area contributed by atoms with E-state index in [-0.39, 0.29) is 6.09 Å². The lowest BCUT2D eigenvalue weighted by atomic mass is 10.1. The summed E-state index contributed by atoms with van der Waals surface area (Å²) < 4.78 is 5.56. The normalized spacial score (nSPS) is 10.3. The van der Waals surface area contributed by atoms with Crippen LogP contribution >= 0.6 is 11.3 Å². The van der Waals surface area contributed by atoms with Gasteiger partial charge in [0.05, 0.1) is 0 Å². The van der Waals surface area contributed by atoms with Crippen molar-refractivity contribution in [3.63, 3.8) is 0 Å². The van der Waals surface area contributed by atoms with Crippen molar-refractivity contribution in [3.05, 3.63) is 41.3 Å². The highest BCUT2D eigenvalue weighted by Gasteiger charge is 2.15. The molecule has 0 atom stereocenters. The first kappa shape index (κ1) is 14.6. The van der Waals surface area contributed by atoms with Gasteiger partial charge in [-0.1, -0.05) is 17.7 Å². The number of thiophene rings is 1. The maximum absolute atomic E-state index is 12.1. The zero-order valence-corrected chi connectivity index (χ0v) is 12.9. The average Bonchev–Trinajstić information content (AvgIpc) is 2.96. The van der Waals surface area contributed by atoms with E-state index in [1.165, 1.54) is 0 Å². The Labute approximate surface area is 123 Å². The van der Waals surface area contributed by atoms with Crippen LogP contribution in [0.25, 0.3) is 10.4 Å². The number of hydrogen-bond acceptors (Lipinski definition) is 3. The fraction of sp³-hybridized carbons (Fsp3) is 0.312. The summed E-state index contributed by atoms with van der Waals surface area (Å²) in [5, 5.41) is 2.02. The first-order chi connectivity index (χ1) is 9.65. The largest absolute Gasteiger partial charge is 0.415 e. The lowest BCUT2D eigenvalue weighted by Crippen LogP contribution is -2.33. The smallest absolute Gasteiger partial charge is 0.410 e. The zero-order chi connectivity index (χ0) is 14.5. The second-order valence-electron chi connectivity index (χ2n) is 4.52. The number of benzene rings is 1. The number of amides is 1. The molecule has 106 valence electrons. The van der Waals surface area contributed by atoms with Gasteiger partial charge in [-0.25, -0.2) is 4.79 Å². The van der Waals surface area contributed by atoms with Crippen molar-refractivity contribution in [2.24, 2.45) is 0 Å². The Hall–Kier alpha value is -1.81. The van der Waals surface area contributed by atoms with E-state index in [0.29, 0.717) is 18.8 Å². The van der Waals surface area contributed by atoms with Crippen LogP contribution in [-0.2, 0) is 0 Å². The molecule has 2 aromatic rings. The molecule has 1 heterocycles. The quantitative estimate of drug-likeness (QED) is 0.825. The highest BCUT2D eigenvalue weighted by molar-refractivity contribution is 7.13. The van der Waals surface area contributed by atoms with Gasteiger partial charge in [0, 0.05) is 23.5 Å². The molecule has 0 saturated heterocycles. The van der Waals surface area contributed by atoms with Gasteiger partial charge in [-0.3, -0.25) is 0 Å². The summed E-state index contributed by atoms with van der Waals surface area (Å²) >= 11 is 1.64. The Balaban J connectivity index is 2.30. The van der Waals surface area contributed by atoms with Gasteiger partial charge in [0.1, 0.15) is 5.75 Å². The Morgan fingerprint density at radius 3 is 2.60 bits per heavy atom. The predicted molar refractivity (Wildman–Crippen MR) is 83.4 cm³/mol. The van der Waals surface area contributed by atoms with E-state index in [1.807, 2.05) is 50.4 Å². The number of aryl methyl sites for hydroxylation is 1. The van der Waals surface area contributed by atoms with E-state index in [1.54, 1.807) is 16.2 Å². The van der Waals surface area contributed by atoms with Gasteiger partial charge in [-0.15, -0.1) is 11.3 Å². The summed E-state index contributed by atoms with van der Waals surface area (Å²) in [6, 6.07) is 9.91. The van der Waals surface area contributed by atoms with E-state index in [0.717, 1.165) is 16.0 Å². The van der Waals surface area contributed by atoms with Crippen LogP contribution in [0.2, 0.25) is 0 Å². The minimum absolute atomic E-state index is 0.295. The average molecular weight is 289 g/mol. The SMILES string of the molecule is CCN(CC)C(=O)Oc1ccc(C)cc1-c1cccs1. The van der Waals surface area contributed by atoms with Crippen LogP contribution in [-0.4, -0.2) is 24.1 Å². The molecule has 0 fully saturated rings. The van der Waals surface area contributed by atoms with Gasteiger partial charge >= 0.3 is 6.09 Å². The van der Waals surface area contributed by atoms with Gasteiger partial charge in [0.15, 0.2) is 0 Å². The summed E-state index contributed by atoms with van der Waals surface area (Å²) in [4.78, 5) is 14.9. The molecule has 0 aliphatic heterocycles. The third kappa shape index (κ3) is 3.20. The Morgan fingerprint density at radius 2 is 2.00 bits per heavy atom. The van der Waals surface area contributed by atoms with E-state index in [9.17, 15) is 4.79 Å². The van der Waals surface area contributed by atoms with Crippen LogP contribution in [0.15, 0.2) is 35.7 Å². The van der Waals surface area contributed by atoms with Crippen LogP contribution < -0.4 is 4.74 Å². The molecule has 0 radical (unpaired) electrons. The molecule has 1 aromatic carbocycles. The van der Waals surface area contributed by atoms with E-state index < -0.39 is 0 Å². The van der Waals surface area contributed by atoms with Crippen molar-refractivity contribution in [3.8, 4) is 16.2 Å². The van der Waals surface area contributed by atoms with Crippen molar-refractivity contribution >= 4 is 17.4 Å². The second-order valence-corrected chi connectivity index (χ2v) is 5.46. The maximum Gasteiger partial charge on any atom is 0.415 e. The molecule has 0 bridgehead atoms. The molecule has 2 rings (SSSR count). The Morgan fingerprint density at radius 1 is 1.25 bits per heavy atom. The van der Waals surface area contributed by atoms with Crippen LogP contribution in [0, 0.1) is 6.92 Å². The number of nitrogens with zero attached hydrogens (tertiary/aromatic N) is 1. The highest BCUT2D eigenvalue weighted by atomic mass is 32.1. The van der Waals surface area contributed by atoms with Crippen LogP contribution in [0.3, 0.4) is 0 Å². The molecular formula is C16H19NO2S. The first-order valence-electron chi connectivity index (χ1n) is 6.77. The molecule has 0 unspecified atom stereocenters. The third-order valence-corrected chi connectivity index (χ3v) is 4.04. The van der Waals surface area contributed by atoms with Crippen molar-refractivity contribution in [2.75, 3.05) is 13.1 Å². The summed E-state index contributed by atoms with van der Waals surface area (Å²) in [5.41, 5.74) is 2.12. The van der Waals surface area contributed by atoms with Gasteiger partial charge in [0.2, 0.25) is 0 Å². The third-order valence-electron chi connectivity index (χ3n) is 3.14. The molecule has 0 aliphatic carbocycles. The molecule has 0 aliphatic rings. The van der Waals surface area contributed by atoms with Gasteiger partial charge < -0.3 is 9.64 Å². The molecule has 0 saturated carbocycles. The molecule has 1 amide bonds. The van der Waals surface area contributed by atoms with Crippen LogP contribution in [0.4, 0.5) is 4.79 Å². The maximum atomic E-state index is 12.1. The van der Waals surface area contributed by atoms with Crippen molar-refractivity contribution in [1.82, 2.24) is 4.90 Å². The molecule has 3 nitrogen and oxygen atoms in total. The number of carbonyl (C=O) groups excluding carboxylic acids is 1. The van der Waals surface area contributed by atoms with Crippen molar-refractivity contribution < 1.29 is 9.53 Å². The van der Waals surface area contributed by atoms with E-state index in [4.69, 9.17) is 4.74 Å². The zero-order valence-electron chi connectivity index (χ0n) is 12.1. The number of hydrogen-bond donors (Lipinski definition) is 0. The number of rotatable bonds is 4. The Kier molecular flexibility index (Phi) is 4.79. The molecule has 20 heavy (non-hydrogen) atoms. The standard InChI is InChI=1S/C16H19NO2S/c1-4-17(5-2)16(18)19-14-9-8-12(3)11-13(14)15-7-6-10-20-15/h6-11H,4-5H2,1-3H3. The van der Waals surface area contributed by atoms with Crippen molar-refractivity contribution in [2.45, 2.75) is 20.8 Å². The highest BCUT2D eigenvalue weighted by Crippen LogP contribution is 2.34. The van der Waals surface area contributed by atoms with Crippen LogP contribution in [0.5, 0.6) is 5.75 Å². The van der Waals surface area contributed by atoms with Gasteiger partial charge in [-0.2, -0.15) is 0 Å². The number of carbonyl (C=O) groups is 1. The van der Waals surface area contributed by atoms with Crippen molar-refractivity contribution in [1.29, 1.82) is 0 Å². The first-order valence-corrected chi connectivity index (χ1v) is 7.65. The van der Waals surface area contributed by atoms with Gasteiger partial charge in [-0.05, 0) is 44.4 Å². The van der Waals surface area contributed by atoms with E-state index in [2.05, 4.69) is 6.07 Å². The monoisotopic (exact) mass is 289 g/mol. The summed E-state index contributed by atoms with van der Waals surface area (Å²) in [5.74, 6) is 0.620. The second kappa shape index (κ2) is 6.57. The molecule has 0 spiro atoms.